The molecule has 1 fully saturated rings. The number of halogens is 3. The van der Waals surface area contributed by atoms with Gasteiger partial charge in [0.1, 0.15) is 11.2 Å². The molecule has 0 N–H and O–H groups in total. The molecule has 3 aromatic carbocycles. The summed E-state index contributed by atoms with van der Waals surface area (Å²) in [4.78, 5) is 17.7. The fraction of sp³-hybridized carbons (Fsp3) is 0.208. The molecule has 0 spiro atoms. The zero-order chi connectivity index (χ0) is 19.8. The highest BCUT2D eigenvalue weighted by molar-refractivity contribution is 6.31. The van der Waals surface area contributed by atoms with Crippen molar-refractivity contribution < 1.29 is 4.42 Å². The molecule has 1 saturated heterocycles. The van der Waals surface area contributed by atoms with Crippen molar-refractivity contribution in [2.75, 3.05) is 31.1 Å². The van der Waals surface area contributed by atoms with E-state index in [-0.39, 0.29) is 30.2 Å². The molecule has 0 aliphatic carbocycles. The second kappa shape index (κ2) is 9.92. The molecule has 0 saturated carbocycles. The van der Waals surface area contributed by atoms with E-state index in [9.17, 15) is 4.79 Å². The number of fused-ring (bicyclic) bond motifs is 2. The Morgan fingerprint density at radius 2 is 1.58 bits per heavy atom. The third-order valence-corrected chi connectivity index (χ3v) is 5.86. The minimum Gasteiger partial charge on any atom is -0.455 e. The van der Waals surface area contributed by atoms with Gasteiger partial charge in [-0.25, -0.2) is 0 Å². The molecule has 1 aliphatic heterocycles. The Labute approximate surface area is 198 Å². The fourth-order valence-electron chi connectivity index (χ4n) is 4.08. The molecule has 31 heavy (non-hydrogen) atoms. The van der Waals surface area contributed by atoms with E-state index >= 15 is 0 Å². The smallest absolute Gasteiger partial charge is 0.200 e. The van der Waals surface area contributed by atoms with E-state index in [1.807, 2.05) is 24.3 Å². The largest absolute Gasteiger partial charge is 0.455 e. The Morgan fingerprint density at radius 3 is 2.32 bits per heavy atom. The highest BCUT2D eigenvalue weighted by Crippen LogP contribution is 2.25. The summed E-state index contributed by atoms with van der Waals surface area (Å²) in [5, 5.41) is 1.75. The average molecular weight is 478 g/mol. The van der Waals surface area contributed by atoms with E-state index in [4.69, 9.17) is 16.0 Å². The lowest BCUT2D eigenvalue weighted by Crippen LogP contribution is -2.45. The van der Waals surface area contributed by atoms with Gasteiger partial charge in [-0.05, 0) is 30.3 Å². The van der Waals surface area contributed by atoms with Gasteiger partial charge >= 0.3 is 0 Å². The first kappa shape index (κ1) is 23.4. The highest BCUT2D eigenvalue weighted by Gasteiger charge is 2.19. The van der Waals surface area contributed by atoms with Gasteiger partial charge in [0.05, 0.1) is 10.8 Å². The van der Waals surface area contributed by atoms with Crippen LogP contribution in [0.4, 0.5) is 5.69 Å². The number of para-hydroxylation sites is 2. The summed E-state index contributed by atoms with van der Waals surface area (Å²) >= 11 is 6.11. The maximum Gasteiger partial charge on any atom is 0.200 e. The number of benzene rings is 3. The van der Waals surface area contributed by atoms with Crippen molar-refractivity contribution >= 4 is 64.0 Å². The SMILES string of the molecule is Cl.Cl.O=c1c2ccc(Cl)cc2oc2c(CN3CCN(c4ccccc4)CC3)cccc12. The molecule has 0 unspecified atom stereocenters. The molecule has 1 aliphatic rings. The lowest BCUT2D eigenvalue weighted by atomic mass is 10.1. The van der Waals surface area contributed by atoms with Crippen molar-refractivity contribution in [2.45, 2.75) is 6.54 Å². The Kier molecular flexibility index (Phi) is 7.50. The van der Waals surface area contributed by atoms with Gasteiger partial charge in [-0.15, -0.1) is 24.8 Å². The van der Waals surface area contributed by atoms with Crippen LogP contribution in [-0.4, -0.2) is 31.1 Å². The Bertz CT molecular complexity index is 1240. The van der Waals surface area contributed by atoms with Crippen LogP contribution in [0.2, 0.25) is 5.02 Å². The average Bonchev–Trinajstić information content (AvgIpc) is 2.75. The van der Waals surface area contributed by atoms with Crippen LogP contribution in [0.3, 0.4) is 0 Å². The molecule has 7 heteroatoms. The van der Waals surface area contributed by atoms with Crippen LogP contribution in [-0.2, 0) is 6.54 Å². The Morgan fingerprint density at radius 1 is 0.839 bits per heavy atom. The van der Waals surface area contributed by atoms with Gasteiger partial charge in [0.2, 0.25) is 5.43 Å². The van der Waals surface area contributed by atoms with E-state index in [1.165, 1.54) is 5.69 Å². The van der Waals surface area contributed by atoms with Crippen molar-refractivity contribution in [1.82, 2.24) is 4.90 Å². The summed E-state index contributed by atoms with van der Waals surface area (Å²) in [5.41, 5.74) is 3.50. The summed E-state index contributed by atoms with van der Waals surface area (Å²) in [5.74, 6) is 0. The molecule has 1 aromatic heterocycles. The van der Waals surface area contributed by atoms with Crippen molar-refractivity contribution in [3.05, 3.63) is 87.5 Å². The number of piperazine rings is 1. The Balaban J connectivity index is 0.00000136. The summed E-state index contributed by atoms with van der Waals surface area (Å²) in [6.45, 7) is 4.66. The van der Waals surface area contributed by atoms with Gasteiger partial charge in [-0.1, -0.05) is 41.9 Å². The monoisotopic (exact) mass is 476 g/mol. The fourth-order valence-corrected chi connectivity index (χ4v) is 4.24. The molecule has 162 valence electrons. The van der Waals surface area contributed by atoms with Gasteiger partial charge in [0, 0.05) is 55.1 Å². The van der Waals surface area contributed by atoms with Gasteiger partial charge < -0.3 is 9.32 Å². The maximum absolute atomic E-state index is 12.9. The predicted octanol–water partition coefficient (Wildman–Crippen LogP) is 5.77. The van der Waals surface area contributed by atoms with Crippen molar-refractivity contribution in [3.8, 4) is 0 Å². The minimum atomic E-state index is -0.00587. The molecule has 0 radical (unpaired) electrons. The van der Waals surface area contributed by atoms with Crippen molar-refractivity contribution in [1.29, 1.82) is 0 Å². The minimum absolute atomic E-state index is 0. The molecule has 0 amide bonds. The summed E-state index contributed by atoms with van der Waals surface area (Å²) in [6.07, 6.45) is 0. The summed E-state index contributed by atoms with van der Waals surface area (Å²) in [6, 6.07) is 21.5. The summed E-state index contributed by atoms with van der Waals surface area (Å²) < 4.78 is 6.15. The molecule has 0 atom stereocenters. The van der Waals surface area contributed by atoms with Crippen LogP contribution in [0, 0.1) is 0 Å². The van der Waals surface area contributed by atoms with Crippen LogP contribution < -0.4 is 10.3 Å². The van der Waals surface area contributed by atoms with E-state index in [0.29, 0.717) is 27.0 Å². The predicted molar refractivity (Wildman–Crippen MR) is 133 cm³/mol. The zero-order valence-electron chi connectivity index (χ0n) is 16.8. The quantitative estimate of drug-likeness (QED) is 0.351. The van der Waals surface area contributed by atoms with Gasteiger partial charge in [0.25, 0.3) is 0 Å². The Hall–Kier alpha value is -2.24. The van der Waals surface area contributed by atoms with E-state index in [1.54, 1.807) is 18.2 Å². The van der Waals surface area contributed by atoms with E-state index in [0.717, 1.165) is 38.3 Å². The molecular weight excluding hydrogens is 455 g/mol. The normalized spacial score (nSPS) is 14.3. The van der Waals surface area contributed by atoms with Crippen molar-refractivity contribution in [3.63, 3.8) is 0 Å². The number of rotatable bonds is 3. The molecule has 4 nitrogen and oxygen atoms in total. The van der Waals surface area contributed by atoms with E-state index < -0.39 is 0 Å². The second-order valence-electron chi connectivity index (χ2n) is 7.46. The molecule has 0 bridgehead atoms. The zero-order valence-corrected chi connectivity index (χ0v) is 19.2. The molecule has 4 aromatic rings. The first-order valence-electron chi connectivity index (χ1n) is 9.85. The lowest BCUT2D eigenvalue weighted by molar-refractivity contribution is 0.250. The van der Waals surface area contributed by atoms with Crippen LogP contribution >= 0.6 is 36.4 Å². The van der Waals surface area contributed by atoms with Gasteiger partial charge in [0.15, 0.2) is 0 Å². The van der Waals surface area contributed by atoms with Crippen molar-refractivity contribution in [2.24, 2.45) is 0 Å². The van der Waals surface area contributed by atoms with Crippen LogP contribution in [0.25, 0.3) is 21.9 Å². The molecule has 5 rings (SSSR count). The first-order chi connectivity index (χ1) is 14.2. The van der Waals surface area contributed by atoms with Gasteiger partial charge in [-0.2, -0.15) is 0 Å². The van der Waals surface area contributed by atoms with E-state index in [2.05, 4.69) is 34.1 Å². The molecular formula is C24H23Cl3N2O2. The van der Waals surface area contributed by atoms with Gasteiger partial charge in [-0.3, -0.25) is 9.69 Å². The van der Waals surface area contributed by atoms with Crippen LogP contribution in [0.15, 0.2) is 75.9 Å². The third-order valence-electron chi connectivity index (χ3n) is 5.63. The lowest BCUT2D eigenvalue weighted by Gasteiger charge is -2.36. The standard InChI is InChI=1S/C24H21ClN2O2.2ClH/c25-18-9-10-20-22(15-18)29-24-17(5-4-8-21(24)23(20)28)16-26-11-13-27(14-12-26)19-6-2-1-3-7-19;;/h1-10,15H,11-14,16H2;2*1H. The topological polar surface area (TPSA) is 36.7 Å². The molecule has 2 heterocycles. The number of nitrogens with zero attached hydrogens (tertiary/aromatic N) is 2. The third kappa shape index (κ3) is 4.68. The summed E-state index contributed by atoms with van der Waals surface area (Å²) in [7, 11) is 0. The number of anilines is 1. The maximum atomic E-state index is 12.9. The number of hydrogen-bond acceptors (Lipinski definition) is 4. The first-order valence-corrected chi connectivity index (χ1v) is 10.2. The number of hydrogen-bond donors (Lipinski definition) is 0. The second-order valence-corrected chi connectivity index (χ2v) is 7.90. The van der Waals surface area contributed by atoms with Crippen LogP contribution in [0.1, 0.15) is 5.56 Å². The highest BCUT2D eigenvalue weighted by atomic mass is 35.5. The van der Waals surface area contributed by atoms with Crippen LogP contribution in [0.5, 0.6) is 0 Å².